The summed E-state index contributed by atoms with van der Waals surface area (Å²) in [5.74, 6) is -0.195. The van der Waals surface area contributed by atoms with Gasteiger partial charge in [-0.05, 0) is 43.1 Å². The topological polar surface area (TPSA) is 99.5 Å². The summed E-state index contributed by atoms with van der Waals surface area (Å²) in [6, 6.07) is 9.26. The molecule has 7 nitrogen and oxygen atoms in total. The van der Waals surface area contributed by atoms with E-state index in [-0.39, 0.29) is 11.9 Å². The summed E-state index contributed by atoms with van der Waals surface area (Å²) in [5, 5.41) is 9.37. The maximum absolute atomic E-state index is 12.8. The maximum atomic E-state index is 12.8. The normalized spacial score (nSPS) is 16.6. The van der Waals surface area contributed by atoms with Crippen molar-refractivity contribution in [3.05, 3.63) is 35.9 Å². The monoisotopic (exact) mass is 387 g/mol. The standard InChI is InChI=1S/C19H25N5O2S/c1-24(2)14-7-5-12(6-8-14)16-10-15(18(27-16)23-19(20)26)17(25)22-13-4-3-9-21-11-13/h5-8,10,13,21H,3-4,9,11H2,1-2H3,(H,22,25)(H3,20,23,26)/t13-/m0/s1. The fourth-order valence-electron chi connectivity index (χ4n) is 3.07. The van der Waals surface area contributed by atoms with Crippen LogP contribution < -0.4 is 26.6 Å². The summed E-state index contributed by atoms with van der Waals surface area (Å²) >= 11 is 1.34. The Balaban J connectivity index is 1.85. The van der Waals surface area contributed by atoms with Crippen molar-refractivity contribution in [1.29, 1.82) is 0 Å². The maximum Gasteiger partial charge on any atom is 0.317 e. The first-order valence-electron chi connectivity index (χ1n) is 8.93. The summed E-state index contributed by atoms with van der Waals surface area (Å²) in [5.41, 5.74) is 7.80. The van der Waals surface area contributed by atoms with Crippen LogP contribution in [0.15, 0.2) is 30.3 Å². The number of rotatable bonds is 5. The molecule has 0 radical (unpaired) electrons. The van der Waals surface area contributed by atoms with Crippen LogP contribution in [0.4, 0.5) is 15.5 Å². The lowest BCUT2D eigenvalue weighted by molar-refractivity contribution is 0.0932. The summed E-state index contributed by atoms with van der Waals surface area (Å²) in [6.45, 7) is 1.74. The molecule has 1 aliphatic heterocycles. The first-order valence-corrected chi connectivity index (χ1v) is 9.75. The van der Waals surface area contributed by atoms with Crippen LogP contribution >= 0.6 is 11.3 Å². The van der Waals surface area contributed by atoms with Crippen molar-refractivity contribution in [1.82, 2.24) is 10.6 Å². The predicted molar refractivity (Wildman–Crippen MR) is 111 cm³/mol. The van der Waals surface area contributed by atoms with Crippen molar-refractivity contribution in [2.75, 3.05) is 37.4 Å². The van der Waals surface area contributed by atoms with Crippen molar-refractivity contribution in [2.45, 2.75) is 18.9 Å². The Labute approximate surface area is 162 Å². The number of carbonyl (C=O) groups excluding carboxylic acids is 2. The zero-order valence-corrected chi connectivity index (χ0v) is 16.4. The van der Waals surface area contributed by atoms with E-state index < -0.39 is 6.03 Å². The van der Waals surface area contributed by atoms with E-state index in [0.29, 0.717) is 10.6 Å². The second-order valence-electron chi connectivity index (χ2n) is 6.80. The van der Waals surface area contributed by atoms with E-state index in [0.717, 1.165) is 42.1 Å². The molecule has 3 rings (SSSR count). The van der Waals surface area contributed by atoms with Gasteiger partial charge in [0.15, 0.2) is 0 Å². The van der Waals surface area contributed by atoms with Crippen molar-refractivity contribution in [3.8, 4) is 10.4 Å². The highest BCUT2D eigenvalue weighted by atomic mass is 32.1. The number of nitrogens with one attached hydrogen (secondary N) is 3. The van der Waals surface area contributed by atoms with Gasteiger partial charge in [-0.3, -0.25) is 10.1 Å². The van der Waals surface area contributed by atoms with Crippen LogP contribution in [0.25, 0.3) is 10.4 Å². The van der Waals surface area contributed by atoms with Crippen LogP contribution in [0.3, 0.4) is 0 Å². The van der Waals surface area contributed by atoms with Crippen molar-refractivity contribution < 1.29 is 9.59 Å². The minimum Gasteiger partial charge on any atom is -0.378 e. The Morgan fingerprint density at radius 3 is 2.59 bits per heavy atom. The molecule has 1 fully saturated rings. The predicted octanol–water partition coefficient (Wildman–Crippen LogP) is 2.45. The number of hydrogen-bond acceptors (Lipinski definition) is 5. The molecule has 1 aliphatic rings. The van der Waals surface area contributed by atoms with Crippen molar-refractivity contribution in [3.63, 3.8) is 0 Å². The number of piperidine rings is 1. The SMILES string of the molecule is CN(C)c1ccc(-c2cc(C(=O)N[C@H]3CCCNC3)c(NC(N)=O)s2)cc1. The highest BCUT2D eigenvalue weighted by Gasteiger charge is 2.22. The number of primary amides is 1. The number of nitrogens with two attached hydrogens (primary N) is 1. The first kappa shape index (κ1) is 19.2. The largest absolute Gasteiger partial charge is 0.378 e. The summed E-state index contributed by atoms with van der Waals surface area (Å²) in [7, 11) is 3.97. The van der Waals surface area contributed by atoms with Crippen LogP contribution in [0.5, 0.6) is 0 Å². The molecule has 27 heavy (non-hydrogen) atoms. The molecule has 5 N–H and O–H groups in total. The molecule has 1 atom stereocenters. The molecule has 1 aromatic carbocycles. The van der Waals surface area contributed by atoms with Gasteiger partial charge in [0, 0.05) is 37.2 Å². The van der Waals surface area contributed by atoms with E-state index in [4.69, 9.17) is 5.73 Å². The van der Waals surface area contributed by atoms with E-state index in [9.17, 15) is 9.59 Å². The smallest absolute Gasteiger partial charge is 0.317 e. The second kappa shape index (κ2) is 8.41. The van der Waals surface area contributed by atoms with E-state index in [1.807, 2.05) is 49.3 Å². The summed E-state index contributed by atoms with van der Waals surface area (Å²) in [4.78, 5) is 27.1. The van der Waals surface area contributed by atoms with Crippen LogP contribution in [-0.4, -0.2) is 45.2 Å². The minimum absolute atomic E-state index is 0.0930. The molecule has 0 bridgehead atoms. The lowest BCUT2D eigenvalue weighted by Crippen LogP contribution is -2.45. The van der Waals surface area contributed by atoms with E-state index >= 15 is 0 Å². The second-order valence-corrected chi connectivity index (χ2v) is 7.85. The van der Waals surface area contributed by atoms with E-state index in [1.165, 1.54) is 11.3 Å². The molecular weight excluding hydrogens is 362 g/mol. The van der Waals surface area contributed by atoms with Gasteiger partial charge in [-0.2, -0.15) is 0 Å². The van der Waals surface area contributed by atoms with Crippen LogP contribution in [0.1, 0.15) is 23.2 Å². The highest BCUT2D eigenvalue weighted by Crippen LogP contribution is 2.36. The molecule has 2 aromatic rings. The number of carbonyl (C=O) groups is 2. The van der Waals surface area contributed by atoms with Crippen LogP contribution in [-0.2, 0) is 0 Å². The third-order valence-corrected chi connectivity index (χ3v) is 5.61. The van der Waals surface area contributed by atoms with Gasteiger partial charge >= 0.3 is 6.03 Å². The third-order valence-electron chi connectivity index (χ3n) is 4.51. The van der Waals surface area contributed by atoms with Gasteiger partial charge in [-0.1, -0.05) is 12.1 Å². The minimum atomic E-state index is -0.681. The zero-order chi connectivity index (χ0) is 19.4. The molecule has 1 aromatic heterocycles. The zero-order valence-electron chi connectivity index (χ0n) is 15.5. The molecule has 0 saturated carbocycles. The summed E-state index contributed by atoms with van der Waals surface area (Å²) in [6.07, 6.45) is 1.98. The lowest BCUT2D eigenvalue weighted by atomic mass is 10.1. The van der Waals surface area contributed by atoms with Crippen molar-refractivity contribution in [2.24, 2.45) is 5.73 Å². The van der Waals surface area contributed by atoms with Gasteiger partial charge in [-0.15, -0.1) is 11.3 Å². The molecule has 8 heteroatoms. The molecule has 144 valence electrons. The Bertz CT molecular complexity index is 810. The van der Waals surface area contributed by atoms with Gasteiger partial charge in [0.25, 0.3) is 5.91 Å². The number of urea groups is 1. The summed E-state index contributed by atoms with van der Waals surface area (Å²) < 4.78 is 0. The molecule has 1 saturated heterocycles. The average Bonchev–Trinajstić information content (AvgIpc) is 3.06. The van der Waals surface area contributed by atoms with E-state index in [1.54, 1.807) is 0 Å². The molecule has 0 unspecified atom stereocenters. The van der Waals surface area contributed by atoms with Gasteiger partial charge in [0.1, 0.15) is 5.00 Å². The fourth-order valence-corrected chi connectivity index (χ4v) is 4.13. The fraction of sp³-hybridized carbons (Fsp3) is 0.368. The number of hydrogen-bond donors (Lipinski definition) is 4. The quantitative estimate of drug-likeness (QED) is 0.633. The lowest BCUT2D eigenvalue weighted by Gasteiger charge is -2.23. The van der Waals surface area contributed by atoms with Crippen LogP contribution in [0, 0.1) is 0 Å². The van der Waals surface area contributed by atoms with Gasteiger partial charge in [0.2, 0.25) is 0 Å². The van der Waals surface area contributed by atoms with Gasteiger partial charge < -0.3 is 21.3 Å². The Morgan fingerprint density at radius 1 is 1.26 bits per heavy atom. The Kier molecular flexibility index (Phi) is 5.98. The Hall–Kier alpha value is -2.58. The number of thiophene rings is 1. The molecule has 0 spiro atoms. The van der Waals surface area contributed by atoms with Crippen LogP contribution in [0.2, 0.25) is 0 Å². The number of amides is 3. The molecular formula is C19H25N5O2S. The first-order chi connectivity index (χ1) is 12.9. The van der Waals surface area contributed by atoms with Gasteiger partial charge in [-0.25, -0.2) is 4.79 Å². The number of anilines is 2. The van der Waals surface area contributed by atoms with Gasteiger partial charge in [0.05, 0.1) is 5.56 Å². The third kappa shape index (κ3) is 4.78. The molecule has 0 aliphatic carbocycles. The molecule has 2 heterocycles. The van der Waals surface area contributed by atoms with E-state index in [2.05, 4.69) is 16.0 Å². The Morgan fingerprint density at radius 2 is 2.00 bits per heavy atom. The van der Waals surface area contributed by atoms with Crippen molar-refractivity contribution >= 4 is 34.0 Å². The molecule has 3 amide bonds. The highest BCUT2D eigenvalue weighted by molar-refractivity contribution is 7.20. The number of nitrogens with zero attached hydrogens (tertiary/aromatic N) is 1. The average molecular weight is 388 g/mol. The number of benzene rings is 1.